The molecule has 0 radical (unpaired) electrons. The standard InChI is InChI=1S/C18H25N3O2.ClH/c1-2-22-17-18(21-16-8-4-3-7-15(16)20-17)23-13-5-6-14-9-11-19-12-10-14;/h3-4,7-8,14,19H,2,5-6,9-13H2,1H3;1H. The second-order valence-electron chi connectivity index (χ2n) is 5.94. The number of halogens is 1. The Bertz CT molecular complexity index is 633. The molecule has 1 fully saturated rings. The van der Waals surface area contributed by atoms with Gasteiger partial charge in [0.25, 0.3) is 11.8 Å². The molecule has 0 saturated carbocycles. The molecule has 0 amide bonds. The third kappa shape index (κ3) is 4.95. The molecule has 0 atom stereocenters. The maximum absolute atomic E-state index is 5.87. The molecule has 3 rings (SSSR count). The predicted molar refractivity (Wildman–Crippen MR) is 98.3 cm³/mol. The maximum atomic E-state index is 5.87. The minimum absolute atomic E-state index is 0. The molecule has 0 bridgehead atoms. The summed E-state index contributed by atoms with van der Waals surface area (Å²) in [7, 11) is 0. The highest BCUT2D eigenvalue weighted by Crippen LogP contribution is 2.26. The fraction of sp³-hybridized carbons (Fsp3) is 0.556. The van der Waals surface area contributed by atoms with Gasteiger partial charge in [-0.3, -0.25) is 0 Å². The van der Waals surface area contributed by atoms with Crippen molar-refractivity contribution in [3.05, 3.63) is 24.3 Å². The number of benzene rings is 1. The highest BCUT2D eigenvalue weighted by atomic mass is 35.5. The number of ether oxygens (including phenoxy) is 2. The Balaban J connectivity index is 0.00000208. The smallest absolute Gasteiger partial charge is 0.278 e. The van der Waals surface area contributed by atoms with E-state index in [2.05, 4.69) is 15.3 Å². The summed E-state index contributed by atoms with van der Waals surface area (Å²) in [4.78, 5) is 9.07. The van der Waals surface area contributed by atoms with Gasteiger partial charge in [0, 0.05) is 0 Å². The third-order valence-electron chi connectivity index (χ3n) is 4.24. The van der Waals surface area contributed by atoms with Crippen LogP contribution in [0.15, 0.2) is 24.3 Å². The van der Waals surface area contributed by atoms with Gasteiger partial charge in [-0.25, -0.2) is 9.97 Å². The average molecular weight is 352 g/mol. The van der Waals surface area contributed by atoms with Crippen LogP contribution < -0.4 is 14.8 Å². The fourth-order valence-electron chi connectivity index (χ4n) is 3.00. The molecule has 1 aromatic heterocycles. The zero-order chi connectivity index (χ0) is 15.9. The van der Waals surface area contributed by atoms with Crippen molar-refractivity contribution in [2.75, 3.05) is 26.3 Å². The Hall–Kier alpha value is -1.59. The number of fused-ring (bicyclic) bond motifs is 1. The van der Waals surface area contributed by atoms with E-state index in [0.717, 1.165) is 36.5 Å². The van der Waals surface area contributed by atoms with E-state index in [-0.39, 0.29) is 12.4 Å². The van der Waals surface area contributed by atoms with Crippen molar-refractivity contribution < 1.29 is 9.47 Å². The summed E-state index contributed by atoms with van der Waals surface area (Å²) in [5.74, 6) is 1.83. The summed E-state index contributed by atoms with van der Waals surface area (Å²) in [6, 6.07) is 7.79. The van der Waals surface area contributed by atoms with Crippen molar-refractivity contribution in [1.29, 1.82) is 0 Å². The molecule has 0 unspecified atom stereocenters. The van der Waals surface area contributed by atoms with Crippen LogP contribution in [0.3, 0.4) is 0 Å². The molecule has 1 aliphatic rings. The van der Waals surface area contributed by atoms with Crippen molar-refractivity contribution in [2.45, 2.75) is 32.6 Å². The van der Waals surface area contributed by atoms with Crippen molar-refractivity contribution in [1.82, 2.24) is 15.3 Å². The molecule has 1 N–H and O–H groups in total. The lowest BCUT2D eigenvalue weighted by molar-refractivity contribution is 0.242. The molecule has 1 aliphatic heterocycles. The van der Waals surface area contributed by atoms with Gasteiger partial charge in [0.05, 0.1) is 24.2 Å². The molecule has 2 aromatic rings. The second-order valence-corrected chi connectivity index (χ2v) is 5.94. The van der Waals surface area contributed by atoms with Gasteiger partial charge < -0.3 is 14.8 Å². The summed E-state index contributed by atoms with van der Waals surface area (Å²) in [6.07, 6.45) is 4.82. The van der Waals surface area contributed by atoms with E-state index < -0.39 is 0 Å². The Kier molecular flexibility index (Phi) is 7.53. The Labute approximate surface area is 149 Å². The van der Waals surface area contributed by atoms with Crippen LogP contribution in [-0.2, 0) is 0 Å². The maximum Gasteiger partial charge on any atom is 0.278 e. The lowest BCUT2D eigenvalue weighted by Gasteiger charge is -2.22. The molecule has 0 spiro atoms. The Morgan fingerprint density at radius 2 is 1.67 bits per heavy atom. The van der Waals surface area contributed by atoms with Crippen molar-refractivity contribution in [3.8, 4) is 11.8 Å². The van der Waals surface area contributed by atoms with E-state index in [1.165, 1.54) is 19.3 Å². The molecule has 1 saturated heterocycles. The zero-order valence-corrected chi connectivity index (χ0v) is 15.0. The molecular weight excluding hydrogens is 326 g/mol. The Morgan fingerprint density at radius 3 is 2.29 bits per heavy atom. The molecule has 5 nitrogen and oxygen atoms in total. The van der Waals surface area contributed by atoms with Crippen molar-refractivity contribution in [3.63, 3.8) is 0 Å². The van der Waals surface area contributed by atoms with Crippen LogP contribution in [0.4, 0.5) is 0 Å². The number of piperidine rings is 1. The molecule has 2 heterocycles. The van der Waals surface area contributed by atoms with Gasteiger partial charge in [0.1, 0.15) is 0 Å². The monoisotopic (exact) mass is 351 g/mol. The lowest BCUT2D eigenvalue weighted by atomic mass is 9.93. The van der Waals surface area contributed by atoms with E-state index >= 15 is 0 Å². The number of nitrogens with one attached hydrogen (secondary N) is 1. The number of nitrogens with zero attached hydrogens (tertiary/aromatic N) is 2. The van der Waals surface area contributed by atoms with Crippen LogP contribution in [0.1, 0.15) is 32.6 Å². The van der Waals surface area contributed by atoms with Crippen LogP contribution in [0.2, 0.25) is 0 Å². The molecule has 24 heavy (non-hydrogen) atoms. The van der Waals surface area contributed by atoms with Gasteiger partial charge in [-0.05, 0) is 63.7 Å². The first-order valence-corrected chi connectivity index (χ1v) is 8.60. The SMILES string of the molecule is CCOc1nc2ccccc2nc1OCCCC1CCNCC1.Cl. The predicted octanol–water partition coefficient (Wildman–Crippen LogP) is 3.61. The molecule has 132 valence electrons. The number of rotatable bonds is 7. The first-order valence-electron chi connectivity index (χ1n) is 8.60. The van der Waals surface area contributed by atoms with Crippen LogP contribution >= 0.6 is 12.4 Å². The fourth-order valence-corrected chi connectivity index (χ4v) is 3.00. The molecule has 1 aromatic carbocycles. The van der Waals surface area contributed by atoms with E-state index in [0.29, 0.717) is 25.0 Å². The van der Waals surface area contributed by atoms with Crippen LogP contribution in [0.25, 0.3) is 11.0 Å². The van der Waals surface area contributed by atoms with Gasteiger partial charge >= 0.3 is 0 Å². The van der Waals surface area contributed by atoms with E-state index in [1.54, 1.807) is 0 Å². The quantitative estimate of drug-likeness (QED) is 0.772. The number of hydrogen-bond donors (Lipinski definition) is 1. The van der Waals surface area contributed by atoms with E-state index in [9.17, 15) is 0 Å². The average Bonchev–Trinajstić information content (AvgIpc) is 2.60. The normalized spacial score (nSPS) is 15.0. The third-order valence-corrected chi connectivity index (χ3v) is 4.24. The van der Waals surface area contributed by atoms with Crippen LogP contribution in [0.5, 0.6) is 11.8 Å². The highest BCUT2D eigenvalue weighted by molar-refractivity contribution is 5.85. The van der Waals surface area contributed by atoms with Gasteiger partial charge in [-0.1, -0.05) is 12.1 Å². The van der Waals surface area contributed by atoms with E-state index in [4.69, 9.17) is 9.47 Å². The summed E-state index contributed by atoms with van der Waals surface area (Å²) < 4.78 is 11.5. The van der Waals surface area contributed by atoms with Crippen LogP contribution in [-0.4, -0.2) is 36.3 Å². The number of aromatic nitrogens is 2. The molecular formula is C18H26ClN3O2. The minimum Gasteiger partial charge on any atom is -0.474 e. The van der Waals surface area contributed by atoms with Crippen molar-refractivity contribution in [2.24, 2.45) is 5.92 Å². The lowest BCUT2D eigenvalue weighted by Crippen LogP contribution is -2.27. The minimum atomic E-state index is 0. The van der Waals surface area contributed by atoms with Gasteiger partial charge in [0.2, 0.25) is 0 Å². The zero-order valence-electron chi connectivity index (χ0n) is 14.2. The highest BCUT2D eigenvalue weighted by Gasteiger charge is 2.14. The first-order chi connectivity index (χ1) is 11.4. The van der Waals surface area contributed by atoms with Crippen molar-refractivity contribution >= 4 is 23.4 Å². The van der Waals surface area contributed by atoms with Gasteiger partial charge in [0.15, 0.2) is 0 Å². The van der Waals surface area contributed by atoms with Gasteiger partial charge in [-0.15, -0.1) is 12.4 Å². The summed E-state index contributed by atoms with van der Waals surface area (Å²) in [5, 5.41) is 3.40. The molecule has 0 aliphatic carbocycles. The number of para-hydroxylation sites is 2. The Morgan fingerprint density at radius 1 is 1.04 bits per heavy atom. The second kappa shape index (κ2) is 9.64. The summed E-state index contributed by atoms with van der Waals surface area (Å²) >= 11 is 0. The molecule has 6 heteroatoms. The number of hydrogen-bond acceptors (Lipinski definition) is 5. The summed E-state index contributed by atoms with van der Waals surface area (Å²) in [6.45, 7) is 5.46. The van der Waals surface area contributed by atoms with E-state index in [1.807, 2.05) is 31.2 Å². The first kappa shape index (κ1) is 18.7. The van der Waals surface area contributed by atoms with Gasteiger partial charge in [-0.2, -0.15) is 0 Å². The topological polar surface area (TPSA) is 56.3 Å². The van der Waals surface area contributed by atoms with Crippen LogP contribution in [0, 0.1) is 5.92 Å². The largest absolute Gasteiger partial charge is 0.474 e. The summed E-state index contributed by atoms with van der Waals surface area (Å²) in [5.41, 5.74) is 1.67.